The predicted octanol–water partition coefficient (Wildman–Crippen LogP) is 2.56. The summed E-state index contributed by atoms with van der Waals surface area (Å²) in [4.78, 5) is 6.85. The normalized spacial score (nSPS) is 17.3. The standard InChI is InChI=1S/C14H22ClN3/c1-2-18(10-12-3-6-16-7-4-12)11-14-9-13(15)5-8-17-14/h5,8-9,12,16H,2-4,6-7,10-11H2,1H3. The van der Waals surface area contributed by atoms with Gasteiger partial charge in [0.25, 0.3) is 0 Å². The molecule has 0 amide bonds. The molecule has 1 aromatic rings. The fourth-order valence-electron chi connectivity index (χ4n) is 2.50. The number of piperidine rings is 1. The average Bonchev–Trinajstić information content (AvgIpc) is 2.39. The van der Waals surface area contributed by atoms with Crippen molar-refractivity contribution >= 4 is 11.6 Å². The van der Waals surface area contributed by atoms with E-state index in [0.29, 0.717) is 0 Å². The van der Waals surface area contributed by atoms with Crippen molar-refractivity contribution in [2.75, 3.05) is 26.2 Å². The second-order valence-electron chi connectivity index (χ2n) is 4.99. The first-order valence-corrected chi connectivity index (χ1v) is 7.19. The highest BCUT2D eigenvalue weighted by atomic mass is 35.5. The van der Waals surface area contributed by atoms with Gasteiger partial charge in [-0.05, 0) is 50.5 Å². The number of nitrogens with zero attached hydrogens (tertiary/aromatic N) is 2. The van der Waals surface area contributed by atoms with Crippen LogP contribution >= 0.6 is 11.6 Å². The summed E-state index contributed by atoms with van der Waals surface area (Å²) in [6, 6.07) is 3.79. The molecule has 0 atom stereocenters. The maximum absolute atomic E-state index is 6.00. The lowest BCUT2D eigenvalue weighted by Crippen LogP contribution is -2.36. The number of nitrogens with one attached hydrogen (secondary N) is 1. The second-order valence-corrected chi connectivity index (χ2v) is 5.42. The van der Waals surface area contributed by atoms with Crippen molar-refractivity contribution in [3.63, 3.8) is 0 Å². The Morgan fingerprint density at radius 3 is 2.89 bits per heavy atom. The molecule has 2 heterocycles. The highest BCUT2D eigenvalue weighted by molar-refractivity contribution is 6.30. The van der Waals surface area contributed by atoms with Crippen LogP contribution in [0.1, 0.15) is 25.5 Å². The lowest BCUT2D eigenvalue weighted by atomic mass is 9.97. The number of aromatic nitrogens is 1. The van der Waals surface area contributed by atoms with Crippen LogP contribution in [0.4, 0.5) is 0 Å². The van der Waals surface area contributed by atoms with Crippen molar-refractivity contribution in [2.45, 2.75) is 26.3 Å². The first-order chi connectivity index (χ1) is 8.78. The summed E-state index contributed by atoms with van der Waals surface area (Å²) in [6.45, 7) is 7.69. The van der Waals surface area contributed by atoms with Gasteiger partial charge in [-0.2, -0.15) is 0 Å². The summed E-state index contributed by atoms with van der Waals surface area (Å²) in [6.07, 6.45) is 4.37. The zero-order valence-corrected chi connectivity index (χ0v) is 11.8. The van der Waals surface area contributed by atoms with E-state index < -0.39 is 0 Å². The van der Waals surface area contributed by atoms with E-state index in [1.54, 1.807) is 6.20 Å². The minimum Gasteiger partial charge on any atom is -0.317 e. The van der Waals surface area contributed by atoms with E-state index >= 15 is 0 Å². The van der Waals surface area contributed by atoms with Crippen molar-refractivity contribution in [3.05, 3.63) is 29.0 Å². The Morgan fingerprint density at radius 1 is 1.44 bits per heavy atom. The lowest BCUT2D eigenvalue weighted by molar-refractivity contribution is 0.205. The minimum atomic E-state index is 0.776. The van der Waals surface area contributed by atoms with E-state index in [0.717, 1.165) is 42.8 Å². The highest BCUT2D eigenvalue weighted by Gasteiger charge is 2.16. The van der Waals surface area contributed by atoms with Crippen LogP contribution in [-0.4, -0.2) is 36.1 Å². The van der Waals surface area contributed by atoms with Crippen LogP contribution in [0.3, 0.4) is 0 Å². The Morgan fingerprint density at radius 2 is 2.22 bits per heavy atom. The van der Waals surface area contributed by atoms with Gasteiger partial charge in [0.2, 0.25) is 0 Å². The molecule has 0 aromatic carbocycles. The number of rotatable bonds is 5. The van der Waals surface area contributed by atoms with Crippen molar-refractivity contribution in [3.8, 4) is 0 Å². The van der Waals surface area contributed by atoms with Gasteiger partial charge in [-0.25, -0.2) is 0 Å². The quantitative estimate of drug-likeness (QED) is 0.889. The first kappa shape index (κ1) is 13.8. The maximum Gasteiger partial charge on any atom is 0.0558 e. The van der Waals surface area contributed by atoms with E-state index in [9.17, 15) is 0 Å². The van der Waals surface area contributed by atoms with Gasteiger partial charge in [-0.15, -0.1) is 0 Å². The molecule has 2 rings (SSSR count). The largest absolute Gasteiger partial charge is 0.317 e. The molecule has 100 valence electrons. The molecule has 1 N–H and O–H groups in total. The molecule has 18 heavy (non-hydrogen) atoms. The van der Waals surface area contributed by atoms with Crippen molar-refractivity contribution in [1.82, 2.24) is 15.2 Å². The molecule has 1 aliphatic rings. The third-order valence-electron chi connectivity index (χ3n) is 3.59. The Bertz CT molecular complexity index is 364. The van der Waals surface area contributed by atoms with Gasteiger partial charge in [-0.1, -0.05) is 18.5 Å². The molecule has 0 bridgehead atoms. The number of halogens is 1. The highest BCUT2D eigenvalue weighted by Crippen LogP contribution is 2.15. The van der Waals surface area contributed by atoms with E-state index in [2.05, 4.69) is 22.1 Å². The molecule has 0 spiro atoms. The molecule has 0 saturated carbocycles. The van der Waals surface area contributed by atoms with Crippen LogP contribution < -0.4 is 5.32 Å². The Hall–Kier alpha value is -0.640. The van der Waals surface area contributed by atoms with E-state index in [1.807, 2.05) is 12.1 Å². The Labute approximate surface area is 115 Å². The van der Waals surface area contributed by atoms with Crippen molar-refractivity contribution in [2.24, 2.45) is 5.92 Å². The van der Waals surface area contributed by atoms with Crippen molar-refractivity contribution in [1.29, 1.82) is 0 Å². The molecule has 1 fully saturated rings. The Kier molecular flexibility index (Phi) is 5.42. The molecule has 3 nitrogen and oxygen atoms in total. The number of hydrogen-bond acceptors (Lipinski definition) is 3. The molecular weight excluding hydrogens is 246 g/mol. The SMILES string of the molecule is CCN(Cc1cc(Cl)ccn1)CC1CCNCC1. The van der Waals surface area contributed by atoms with E-state index in [4.69, 9.17) is 11.6 Å². The molecule has 0 radical (unpaired) electrons. The summed E-state index contributed by atoms with van der Waals surface area (Å²) in [5.74, 6) is 0.824. The maximum atomic E-state index is 6.00. The van der Waals surface area contributed by atoms with Crippen LogP contribution in [0, 0.1) is 5.92 Å². The summed E-state index contributed by atoms with van der Waals surface area (Å²) < 4.78 is 0. The summed E-state index contributed by atoms with van der Waals surface area (Å²) in [7, 11) is 0. The topological polar surface area (TPSA) is 28.2 Å². The summed E-state index contributed by atoms with van der Waals surface area (Å²) in [5.41, 5.74) is 1.07. The molecule has 0 unspecified atom stereocenters. The predicted molar refractivity (Wildman–Crippen MR) is 75.8 cm³/mol. The van der Waals surface area contributed by atoms with Gasteiger partial charge < -0.3 is 5.32 Å². The molecule has 0 aliphatic carbocycles. The van der Waals surface area contributed by atoms with Crippen LogP contribution in [0.15, 0.2) is 18.3 Å². The summed E-state index contributed by atoms with van der Waals surface area (Å²) in [5, 5.41) is 4.19. The van der Waals surface area contributed by atoms with Crippen molar-refractivity contribution < 1.29 is 0 Å². The smallest absolute Gasteiger partial charge is 0.0558 e. The number of pyridine rings is 1. The second kappa shape index (κ2) is 7.07. The minimum absolute atomic E-state index is 0.776. The van der Waals surface area contributed by atoms with Gasteiger partial charge in [0.1, 0.15) is 0 Å². The van der Waals surface area contributed by atoms with Gasteiger partial charge in [0.05, 0.1) is 5.69 Å². The molecular formula is C14H22ClN3. The van der Waals surface area contributed by atoms with Gasteiger partial charge >= 0.3 is 0 Å². The average molecular weight is 268 g/mol. The first-order valence-electron chi connectivity index (χ1n) is 6.81. The summed E-state index contributed by atoms with van der Waals surface area (Å²) >= 11 is 6.00. The monoisotopic (exact) mass is 267 g/mol. The fraction of sp³-hybridized carbons (Fsp3) is 0.643. The van der Waals surface area contributed by atoms with Gasteiger partial charge in [0, 0.05) is 24.3 Å². The van der Waals surface area contributed by atoms with E-state index in [-0.39, 0.29) is 0 Å². The van der Waals surface area contributed by atoms with Crippen LogP contribution in [0.2, 0.25) is 5.02 Å². The third-order valence-corrected chi connectivity index (χ3v) is 3.82. The zero-order chi connectivity index (χ0) is 12.8. The van der Waals surface area contributed by atoms with Gasteiger partial charge in [-0.3, -0.25) is 9.88 Å². The van der Waals surface area contributed by atoms with Gasteiger partial charge in [0.15, 0.2) is 0 Å². The van der Waals surface area contributed by atoms with E-state index in [1.165, 1.54) is 19.4 Å². The number of hydrogen-bond donors (Lipinski definition) is 1. The van der Waals surface area contributed by atoms with Crippen LogP contribution in [0.25, 0.3) is 0 Å². The van der Waals surface area contributed by atoms with Crippen LogP contribution in [0.5, 0.6) is 0 Å². The molecule has 1 aromatic heterocycles. The fourth-order valence-corrected chi connectivity index (χ4v) is 2.68. The molecule has 4 heteroatoms. The lowest BCUT2D eigenvalue weighted by Gasteiger charge is -2.29. The molecule has 1 saturated heterocycles. The Balaban J connectivity index is 1.88. The molecule has 1 aliphatic heterocycles. The third kappa shape index (κ3) is 4.23. The van der Waals surface area contributed by atoms with Crippen LogP contribution in [-0.2, 0) is 6.54 Å². The zero-order valence-electron chi connectivity index (χ0n) is 11.0.